The Balaban J connectivity index is 0.0000116. The fraction of sp³-hybridized carbons (Fsp3) is 0.889. The second-order valence-corrected chi connectivity index (χ2v) is 39.8. The van der Waals surface area contributed by atoms with Gasteiger partial charge in [-0.3, -0.25) is 0 Å². The van der Waals surface area contributed by atoms with Crippen LogP contribution in [0.25, 0.3) is 0 Å². The first-order valence-electron chi connectivity index (χ1n) is 40.3. The quantitative estimate of drug-likeness (QED) is 0.0200. The van der Waals surface area contributed by atoms with Crippen LogP contribution in [0.15, 0.2) is 0 Å². The summed E-state index contributed by atoms with van der Waals surface area (Å²) in [6, 6.07) is 0. The van der Waals surface area contributed by atoms with E-state index in [1.165, 1.54) is 0 Å². The summed E-state index contributed by atoms with van der Waals surface area (Å²) in [6.07, 6.45) is -88.6. The van der Waals surface area contributed by atoms with Gasteiger partial charge in [0.05, 0.1) is 48.8 Å². The minimum absolute atomic E-state index is 0. The second kappa shape index (κ2) is 69.9. The van der Waals surface area contributed by atoms with Gasteiger partial charge in [-0.1, -0.05) is 0 Å². The molecule has 0 aromatic heterocycles. The third kappa shape index (κ3) is 41.5. The molecule has 0 aromatic rings. The number of carbonyl (C=O) groups is 8. The molecule has 0 saturated carbocycles. The summed E-state index contributed by atoms with van der Waals surface area (Å²) >= 11 is 6.55. The molecule has 16 bridgehead atoms. The van der Waals surface area contributed by atoms with Crippen molar-refractivity contribution in [2.45, 2.75) is 297 Å². The average molecular weight is 2180 g/mol. The molecule has 736 valence electrons. The number of hydrogen-bond donors (Lipinski definition) is 16. The number of hydrogen-bond acceptors (Lipinski definition) is 56. The summed E-state index contributed by atoms with van der Waals surface area (Å²) in [6.45, 7) is 0. The van der Waals surface area contributed by atoms with Crippen LogP contribution in [-0.2, 0) is 114 Å². The maximum atomic E-state index is 12.2. The zero-order chi connectivity index (χ0) is 93.7. The van der Waals surface area contributed by atoms with E-state index in [0.717, 1.165) is 94.1 Å². The van der Waals surface area contributed by atoms with Crippen molar-refractivity contribution in [3.63, 3.8) is 0 Å². The Morgan fingerprint density at radius 1 is 0.162 bits per heavy atom. The Morgan fingerprint density at radius 3 is 0.331 bits per heavy atom. The summed E-state index contributed by atoms with van der Waals surface area (Å²) in [5.74, 6) is -17.6. The normalized spacial score (nSPS) is 39.1. The van der Waals surface area contributed by atoms with Crippen LogP contribution in [0.4, 0.5) is 0 Å². The van der Waals surface area contributed by atoms with Gasteiger partial charge in [-0.15, -0.1) is 0 Å². The maximum Gasteiger partial charge on any atom is 1.00 e. The zero-order valence-corrected chi connectivity index (χ0v) is 98.1. The summed E-state index contributed by atoms with van der Waals surface area (Å²) < 4.78 is 99.6. The molecular formula is C72H104Na8O48S8. The van der Waals surface area contributed by atoms with E-state index in [-0.39, 0.29) is 282 Å². The van der Waals surface area contributed by atoms with Crippen LogP contribution in [0.1, 0.15) is 51.4 Å². The number of aliphatic carboxylic acids is 8. The van der Waals surface area contributed by atoms with Crippen LogP contribution >= 0.6 is 94.1 Å². The van der Waals surface area contributed by atoms with Crippen LogP contribution in [0, 0.1) is 0 Å². The van der Waals surface area contributed by atoms with Crippen molar-refractivity contribution in [1.29, 1.82) is 0 Å². The van der Waals surface area contributed by atoms with Crippen molar-refractivity contribution >= 4 is 142 Å². The van der Waals surface area contributed by atoms with Crippen LogP contribution in [0.5, 0.6) is 0 Å². The molecule has 30 saturated heterocycles. The van der Waals surface area contributed by atoms with E-state index in [1.807, 2.05) is 0 Å². The molecule has 0 spiro atoms. The Hall–Kier alpha value is 5.28. The molecule has 48 nitrogen and oxygen atoms in total. The molecule has 16 N–H and O–H groups in total. The summed E-state index contributed by atoms with van der Waals surface area (Å²) in [4.78, 5) is 93.3. The van der Waals surface area contributed by atoms with Crippen LogP contribution in [0.3, 0.4) is 0 Å². The molecule has 40 atom stereocenters. The van der Waals surface area contributed by atoms with Gasteiger partial charge >= 0.3 is 236 Å². The van der Waals surface area contributed by atoms with Crippen molar-refractivity contribution in [3.05, 3.63) is 0 Å². The van der Waals surface area contributed by atoms with Crippen LogP contribution in [-0.4, -0.2) is 467 Å². The van der Waals surface area contributed by atoms with Crippen molar-refractivity contribution in [2.24, 2.45) is 0 Å². The number of aliphatic hydroxyl groups is 16. The summed E-state index contributed by atoms with van der Waals surface area (Å²) in [7, 11) is 0. The monoisotopic (exact) mass is 2180 g/mol. The van der Waals surface area contributed by atoms with E-state index in [2.05, 4.69) is 0 Å². The van der Waals surface area contributed by atoms with Gasteiger partial charge in [0.25, 0.3) is 0 Å². The smallest absolute Gasteiger partial charge is 0.550 e. The van der Waals surface area contributed by atoms with E-state index < -0.39 is 391 Å². The fourth-order valence-corrected chi connectivity index (χ4v) is 22.5. The SMILES string of the molecule is O=C([O-])CCSC[C@@H]1O[C@@H]2O[C@@H]3[C@@H](O)[C@H](O)[C@@H](O[C@@H]4[C@@H](O)[C@@H](O)[C@H](O[C@@H]5C(O)[C@@H](O)[C@@H](O[C@@H]6C(O)[C@@H](O)[C@@H](O[C@@H]7[C@@H](O)[C@H](O)[C@H](O[C@@H]8[C@@H](O)[C@H](O)[C@@H](O[C@@H]9[C@@H](O)[C@H](O)[C@@H](O[C@@H]1[C@@H](O)[C@@H]2O)O[C@H]9CSCCC(=O)[O-])O[C@H]8CSCCC(=O)[O-])O[C@@H]7CSCCC(=O)[O-])O[C@@H]6CSCCC(=O)[O-])O[C@@H]5CSCCC(=O)[O-])O[C@@H]4CSCCC(=O)[O-])O[C@H]3CSCCC(=O)[O-].[Na+].[Na+].[Na+].[Na+].[Na+].[Na+].[Na+].[Na+]. The van der Waals surface area contributed by atoms with E-state index in [9.17, 15) is 161 Å². The fourth-order valence-electron chi connectivity index (χ4n) is 14.6. The van der Waals surface area contributed by atoms with Gasteiger partial charge in [0.15, 0.2) is 50.3 Å². The third-order valence-corrected chi connectivity index (χ3v) is 29.8. The zero-order valence-electron chi connectivity index (χ0n) is 75.5. The molecule has 136 heavy (non-hydrogen) atoms. The third-order valence-electron chi connectivity index (χ3n) is 21.3. The summed E-state index contributed by atoms with van der Waals surface area (Å²) in [5.41, 5.74) is 0. The molecule has 30 heterocycles. The Morgan fingerprint density at radius 2 is 0.250 bits per heavy atom. The minimum atomic E-state index is -2.36. The molecule has 30 aliphatic rings. The maximum absolute atomic E-state index is 12.2. The second-order valence-electron chi connectivity index (χ2n) is 30.6. The van der Waals surface area contributed by atoms with Gasteiger partial charge in [0, 0.05) is 93.8 Å². The predicted molar refractivity (Wildman–Crippen MR) is 420 cm³/mol. The van der Waals surface area contributed by atoms with Gasteiger partial charge in [-0.25, -0.2) is 0 Å². The van der Waals surface area contributed by atoms with Gasteiger partial charge in [0.1, 0.15) is 146 Å². The van der Waals surface area contributed by atoms with Crippen molar-refractivity contribution in [2.75, 3.05) is 92.0 Å². The van der Waals surface area contributed by atoms with Gasteiger partial charge < -0.3 is 237 Å². The molecule has 30 rings (SSSR count). The van der Waals surface area contributed by atoms with Crippen LogP contribution in [0.2, 0.25) is 0 Å². The van der Waals surface area contributed by atoms with Crippen molar-refractivity contribution < 1.29 is 473 Å². The number of carbonyl (C=O) groups excluding carboxylic acids is 8. The van der Waals surface area contributed by atoms with E-state index in [4.69, 9.17) is 75.8 Å². The largest absolute Gasteiger partial charge is 1.00 e. The molecule has 0 aliphatic carbocycles. The Bertz CT molecular complexity index is 2870. The molecule has 30 fully saturated rings. The summed E-state index contributed by atoms with van der Waals surface area (Å²) in [5, 5.41) is 288. The Labute approximate surface area is 990 Å². The molecule has 64 heteroatoms. The molecule has 2 unspecified atom stereocenters. The molecule has 0 amide bonds. The first kappa shape index (κ1) is 139. The van der Waals surface area contributed by atoms with Gasteiger partial charge in [0.2, 0.25) is 0 Å². The van der Waals surface area contributed by atoms with E-state index in [0.29, 0.717) is 0 Å². The van der Waals surface area contributed by atoms with Crippen molar-refractivity contribution in [3.8, 4) is 0 Å². The number of carboxylic acids is 8. The predicted octanol–water partition coefficient (Wildman–Crippen LogP) is -42.3. The topological polar surface area (TPSA) is 792 Å². The number of rotatable bonds is 40. The average Bonchev–Trinajstić information content (AvgIpc) is 0.802. The first-order valence-corrected chi connectivity index (χ1v) is 49.6. The molecule has 0 aromatic carbocycles. The van der Waals surface area contributed by atoms with Crippen molar-refractivity contribution in [1.82, 2.24) is 0 Å². The van der Waals surface area contributed by atoms with Crippen LogP contribution < -0.4 is 277 Å². The first-order chi connectivity index (χ1) is 60.7. The Kier molecular flexibility index (Phi) is 71.6. The number of aliphatic hydroxyl groups excluding tert-OH is 16. The van der Waals surface area contributed by atoms with E-state index >= 15 is 0 Å². The number of ether oxygens (including phenoxy) is 16. The van der Waals surface area contributed by atoms with E-state index in [1.54, 1.807) is 0 Å². The molecule has 30 aliphatic heterocycles. The molecule has 0 radical (unpaired) electrons. The minimum Gasteiger partial charge on any atom is -0.550 e. The van der Waals surface area contributed by atoms with Gasteiger partial charge in [-0.2, -0.15) is 94.1 Å². The number of carboxylic acid groups (broad SMARTS) is 8. The molecular weight excluding hydrogens is 2070 g/mol. The standard InChI is InChI=1S/C72H112O48S8.8Na/c73-33(74)1-9-121-17-25-57-41(89)49(97)65(105-25)114-58-26(18-122-10-2-34(75)76)107-67(51(99)43(58)91)116-60-28(20-124-12-4-36(79)80)109-69(53(101)45(60)93)118-62-30(22-126-14-6-38(83)84)111-71(55(103)47(62)95)120-64-32(24-128-16-8-40(87)88)112-72(56(104)48(64)96)119-63-31(23-127-15-7-39(85)86)110-70(54(102)46(63)94)117-61-29(21-125-13-5-37(81)82)108-68(52(100)44(61)92)115-59-27(19-123-11-3-35(77)78)106-66(113-57)50(98)42(59)90;;;;;;;;/h25-32,41-72,89-104H,1-24H2,(H,73,74)(H,75,76)(H,77,78)(H,79,80)(H,81,82)(H,83,84)(H,85,86)(H,87,88);;;;;;;;/q;8*+1/p-8/t25-,26-,27-,28-,29+,30+,31+,32+,41-,42-,43-,44-,45-,46?,47-,48?,49-,50-,51-,52-,53-,54+,55+,56+,57-,58-,59-,60-,61-,62-,63-,64-,65+,66+,67+,68-,69+,70+,71-,72+;;;;;;;;/m0......../s1. The van der Waals surface area contributed by atoms with Gasteiger partial charge in [-0.05, 0) is 97.4 Å². The number of thioether (sulfide) groups is 8.